The quantitative estimate of drug-likeness (QED) is 0.531. The number of aromatic amines is 1. The summed E-state index contributed by atoms with van der Waals surface area (Å²) in [7, 11) is 0. The number of carbonyl (C=O) groups is 1. The Morgan fingerprint density at radius 3 is 2.36 bits per heavy atom. The van der Waals surface area contributed by atoms with Gasteiger partial charge in [0.1, 0.15) is 5.75 Å². The summed E-state index contributed by atoms with van der Waals surface area (Å²) in [5.41, 5.74) is 3.11. The van der Waals surface area contributed by atoms with Crippen LogP contribution in [0.1, 0.15) is 10.4 Å². The van der Waals surface area contributed by atoms with E-state index in [2.05, 4.69) is 15.2 Å². The third-order valence-corrected chi connectivity index (χ3v) is 3.98. The van der Waals surface area contributed by atoms with Crippen molar-refractivity contribution in [2.45, 2.75) is 0 Å². The molecular weight excluding hydrogens is 318 g/mol. The van der Waals surface area contributed by atoms with Crippen LogP contribution in [0.25, 0.3) is 33.5 Å². The lowest BCUT2D eigenvalue weighted by atomic mass is 10.0. The summed E-state index contributed by atoms with van der Waals surface area (Å²) >= 11 is 0. The molecule has 25 heavy (non-hydrogen) atoms. The summed E-state index contributed by atoms with van der Waals surface area (Å²) < 4.78 is 0. The Balaban J connectivity index is 1.97. The number of nitrogens with one attached hydrogen (secondary N) is 1. The molecular formula is C19H13N3O3. The fourth-order valence-corrected chi connectivity index (χ4v) is 2.79. The molecule has 0 bridgehead atoms. The van der Waals surface area contributed by atoms with E-state index in [1.165, 1.54) is 18.2 Å². The molecule has 3 N–H and O–H groups in total. The Hall–Kier alpha value is -3.67. The van der Waals surface area contributed by atoms with Gasteiger partial charge in [0.05, 0.1) is 22.3 Å². The van der Waals surface area contributed by atoms with Crippen molar-refractivity contribution in [1.82, 2.24) is 15.2 Å². The number of pyridine rings is 1. The molecule has 0 saturated carbocycles. The zero-order valence-corrected chi connectivity index (χ0v) is 13.0. The van der Waals surface area contributed by atoms with Crippen LogP contribution in [0.3, 0.4) is 0 Å². The van der Waals surface area contributed by atoms with E-state index in [1.807, 2.05) is 30.3 Å². The second-order valence-corrected chi connectivity index (χ2v) is 5.57. The lowest BCUT2D eigenvalue weighted by molar-refractivity contribution is 0.0699. The van der Waals surface area contributed by atoms with E-state index in [0.717, 1.165) is 5.56 Å². The number of phenols is 1. The molecule has 0 radical (unpaired) electrons. The van der Waals surface area contributed by atoms with E-state index in [4.69, 9.17) is 0 Å². The maximum atomic E-state index is 11.8. The molecule has 0 unspecified atom stereocenters. The molecule has 0 fully saturated rings. The van der Waals surface area contributed by atoms with E-state index < -0.39 is 5.97 Å². The van der Waals surface area contributed by atoms with Gasteiger partial charge in [-0.1, -0.05) is 30.3 Å². The second kappa shape index (κ2) is 5.76. The van der Waals surface area contributed by atoms with Gasteiger partial charge in [0.2, 0.25) is 0 Å². The summed E-state index contributed by atoms with van der Waals surface area (Å²) in [6.45, 7) is 0. The molecule has 0 aliphatic heterocycles. The first-order chi connectivity index (χ1) is 12.1. The topological polar surface area (TPSA) is 99.1 Å². The van der Waals surface area contributed by atoms with E-state index in [9.17, 15) is 15.0 Å². The predicted octanol–water partition coefficient (Wildman–Crippen LogP) is 3.70. The number of aromatic nitrogens is 3. The standard InChI is InChI=1S/C19H13N3O3/c23-13-8-6-11(7-9-13)15-10-14(19(24)25)16-17(21-22-18(16)20-15)12-4-2-1-3-5-12/h1-10,23H,(H,24,25)(H,20,21,22). The molecule has 2 aromatic carbocycles. The number of hydrogen-bond donors (Lipinski definition) is 3. The van der Waals surface area contributed by atoms with Crippen LogP contribution < -0.4 is 0 Å². The normalized spacial score (nSPS) is 10.9. The highest BCUT2D eigenvalue weighted by Gasteiger charge is 2.19. The van der Waals surface area contributed by atoms with Gasteiger partial charge in [-0.25, -0.2) is 9.78 Å². The van der Waals surface area contributed by atoms with Crippen molar-refractivity contribution in [1.29, 1.82) is 0 Å². The van der Waals surface area contributed by atoms with Gasteiger partial charge < -0.3 is 10.2 Å². The number of aromatic hydroxyl groups is 1. The smallest absolute Gasteiger partial charge is 0.336 e. The Bertz CT molecular complexity index is 1070. The molecule has 4 rings (SSSR count). The lowest BCUT2D eigenvalue weighted by Gasteiger charge is -2.06. The molecule has 0 aliphatic carbocycles. The first kappa shape index (κ1) is 14.9. The van der Waals surface area contributed by atoms with Crippen LogP contribution in [0.5, 0.6) is 5.75 Å². The molecule has 2 aromatic heterocycles. The van der Waals surface area contributed by atoms with Gasteiger partial charge in [-0.05, 0) is 30.3 Å². The minimum Gasteiger partial charge on any atom is -0.508 e. The molecule has 0 spiro atoms. The SMILES string of the molecule is O=C(O)c1cc(-c2ccc(O)cc2)nc2n[nH]c(-c3ccccc3)c12. The van der Waals surface area contributed by atoms with Crippen molar-refractivity contribution in [2.75, 3.05) is 0 Å². The van der Waals surface area contributed by atoms with E-state index in [1.54, 1.807) is 12.1 Å². The summed E-state index contributed by atoms with van der Waals surface area (Å²) in [4.78, 5) is 16.3. The molecule has 0 amide bonds. The Labute approximate surface area is 142 Å². The van der Waals surface area contributed by atoms with Crippen LogP contribution in [0, 0.1) is 0 Å². The van der Waals surface area contributed by atoms with Crippen LogP contribution in [-0.2, 0) is 0 Å². The molecule has 4 aromatic rings. The first-order valence-corrected chi connectivity index (χ1v) is 7.61. The highest BCUT2D eigenvalue weighted by molar-refractivity contribution is 6.08. The predicted molar refractivity (Wildman–Crippen MR) is 93.4 cm³/mol. The molecule has 6 heteroatoms. The van der Waals surface area contributed by atoms with Gasteiger partial charge >= 0.3 is 5.97 Å². The maximum absolute atomic E-state index is 11.8. The fraction of sp³-hybridized carbons (Fsp3) is 0. The van der Waals surface area contributed by atoms with E-state index in [-0.39, 0.29) is 11.3 Å². The molecule has 0 atom stereocenters. The Morgan fingerprint density at radius 1 is 0.960 bits per heavy atom. The highest BCUT2D eigenvalue weighted by Crippen LogP contribution is 2.31. The van der Waals surface area contributed by atoms with Gasteiger partial charge in [0, 0.05) is 11.1 Å². The minimum atomic E-state index is -1.05. The number of rotatable bonds is 3. The van der Waals surface area contributed by atoms with Gasteiger partial charge in [-0.2, -0.15) is 5.10 Å². The van der Waals surface area contributed by atoms with Crippen LogP contribution in [-0.4, -0.2) is 31.4 Å². The number of aromatic carboxylic acids is 1. The minimum absolute atomic E-state index is 0.126. The van der Waals surface area contributed by atoms with Crippen LogP contribution in [0.4, 0.5) is 0 Å². The van der Waals surface area contributed by atoms with Crippen LogP contribution in [0.15, 0.2) is 60.7 Å². The zero-order valence-electron chi connectivity index (χ0n) is 13.0. The first-order valence-electron chi connectivity index (χ1n) is 7.61. The number of fused-ring (bicyclic) bond motifs is 1. The zero-order chi connectivity index (χ0) is 17.4. The number of H-pyrrole nitrogens is 1. The van der Waals surface area contributed by atoms with Crippen molar-refractivity contribution in [2.24, 2.45) is 0 Å². The van der Waals surface area contributed by atoms with Gasteiger partial charge in [0.15, 0.2) is 5.65 Å². The second-order valence-electron chi connectivity index (χ2n) is 5.57. The van der Waals surface area contributed by atoms with Crippen molar-refractivity contribution in [3.05, 3.63) is 66.2 Å². The Morgan fingerprint density at radius 2 is 1.68 bits per heavy atom. The van der Waals surface area contributed by atoms with Gasteiger partial charge in [-0.15, -0.1) is 0 Å². The van der Waals surface area contributed by atoms with Crippen molar-refractivity contribution in [3.8, 4) is 28.3 Å². The monoisotopic (exact) mass is 331 g/mol. The summed E-state index contributed by atoms with van der Waals surface area (Å²) in [5.74, 6) is -0.916. The number of carboxylic acids is 1. The average Bonchev–Trinajstić information content (AvgIpc) is 3.06. The van der Waals surface area contributed by atoms with Crippen LogP contribution in [0.2, 0.25) is 0 Å². The van der Waals surface area contributed by atoms with E-state index >= 15 is 0 Å². The number of nitrogens with zero attached hydrogens (tertiary/aromatic N) is 2. The largest absolute Gasteiger partial charge is 0.508 e. The third kappa shape index (κ3) is 2.59. The number of carboxylic acid groups (broad SMARTS) is 1. The molecule has 0 saturated heterocycles. The number of hydrogen-bond acceptors (Lipinski definition) is 4. The number of benzene rings is 2. The molecule has 2 heterocycles. The summed E-state index contributed by atoms with van der Waals surface area (Å²) in [6, 6.07) is 17.4. The number of phenolic OH excluding ortho intramolecular Hbond substituents is 1. The molecule has 122 valence electrons. The summed E-state index contributed by atoms with van der Waals surface area (Å²) in [6.07, 6.45) is 0. The molecule has 6 nitrogen and oxygen atoms in total. The van der Waals surface area contributed by atoms with Gasteiger partial charge in [0.25, 0.3) is 0 Å². The maximum Gasteiger partial charge on any atom is 0.336 e. The van der Waals surface area contributed by atoms with E-state index in [0.29, 0.717) is 28.0 Å². The fourth-order valence-electron chi connectivity index (χ4n) is 2.79. The van der Waals surface area contributed by atoms with Crippen molar-refractivity contribution in [3.63, 3.8) is 0 Å². The lowest BCUT2D eigenvalue weighted by Crippen LogP contribution is -2.00. The van der Waals surface area contributed by atoms with Crippen LogP contribution >= 0.6 is 0 Å². The average molecular weight is 331 g/mol. The van der Waals surface area contributed by atoms with Gasteiger partial charge in [-0.3, -0.25) is 5.10 Å². The highest BCUT2D eigenvalue weighted by atomic mass is 16.4. The molecule has 0 aliphatic rings. The summed E-state index contributed by atoms with van der Waals surface area (Å²) in [5, 5.41) is 26.7. The van der Waals surface area contributed by atoms with Crippen molar-refractivity contribution >= 4 is 17.0 Å². The van der Waals surface area contributed by atoms with Crippen molar-refractivity contribution < 1.29 is 15.0 Å². The Kier molecular flexibility index (Phi) is 3.43. The third-order valence-electron chi connectivity index (χ3n) is 3.98.